The Morgan fingerprint density at radius 3 is 2.94 bits per heavy atom. The van der Waals surface area contributed by atoms with E-state index in [1.54, 1.807) is 12.1 Å². The molecular weight excluding hydrogens is 299 g/mol. The molecule has 1 heterocycles. The van der Waals surface area contributed by atoms with Gasteiger partial charge in [0.05, 0.1) is 4.47 Å². The normalized spacial score (nSPS) is 23.9. The van der Waals surface area contributed by atoms with Crippen LogP contribution in [0.3, 0.4) is 0 Å². The average molecular weight is 315 g/mol. The maximum atomic E-state index is 13.4. The van der Waals surface area contributed by atoms with Crippen molar-refractivity contribution in [1.29, 1.82) is 0 Å². The van der Waals surface area contributed by atoms with Gasteiger partial charge in [-0.1, -0.05) is 12.1 Å². The van der Waals surface area contributed by atoms with Gasteiger partial charge in [-0.15, -0.1) is 0 Å². The SMILES string of the molecule is CC1(C(=O)Cc2cccc(F)c2Br)CCCCO1. The van der Waals surface area contributed by atoms with Crippen LogP contribution in [0.5, 0.6) is 0 Å². The third kappa shape index (κ3) is 2.81. The predicted molar refractivity (Wildman–Crippen MR) is 71.0 cm³/mol. The van der Waals surface area contributed by atoms with Crippen LogP contribution in [0.4, 0.5) is 4.39 Å². The van der Waals surface area contributed by atoms with Gasteiger partial charge in [0.1, 0.15) is 11.4 Å². The van der Waals surface area contributed by atoms with E-state index in [1.807, 2.05) is 6.92 Å². The number of benzene rings is 1. The Hall–Kier alpha value is -0.740. The van der Waals surface area contributed by atoms with Crippen LogP contribution in [0.15, 0.2) is 22.7 Å². The van der Waals surface area contributed by atoms with Gasteiger partial charge in [0.2, 0.25) is 0 Å². The number of hydrogen-bond acceptors (Lipinski definition) is 2. The molecule has 18 heavy (non-hydrogen) atoms. The molecule has 1 unspecified atom stereocenters. The molecular formula is C14H16BrFO2. The molecule has 1 fully saturated rings. The zero-order chi connectivity index (χ0) is 13.2. The van der Waals surface area contributed by atoms with Gasteiger partial charge in [0.25, 0.3) is 0 Å². The van der Waals surface area contributed by atoms with Crippen LogP contribution in [0.2, 0.25) is 0 Å². The van der Waals surface area contributed by atoms with E-state index in [-0.39, 0.29) is 18.0 Å². The van der Waals surface area contributed by atoms with Crippen molar-refractivity contribution in [3.63, 3.8) is 0 Å². The topological polar surface area (TPSA) is 26.3 Å². The fourth-order valence-electron chi connectivity index (χ4n) is 2.20. The first kappa shape index (κ1) is 13.7. The molecule has 1 aliphatic rings. The Balaban J connectivity index is 2.13. The molecule has 0 aromatic heterocycles. The minimum atomic E-state index is -0.704. The predicted octanol–water partition coefficient (Wildman–Crippen LogP) is 3.66. The Kier molecular flexibility index (Phi) is 4.17. The number of halogens is 2. The molecule has 1 aromatic rings. The lowest BCUT2D eigenvalue weighted by Gasteiger charge is -2.32. The number of ether oxygens (including phenoxy) is 1. The van der Waals surface area contributed by atoms with Gasteiger partial charge in [-0.05, 0) is 53.7 Å². The van der Waals surface area contributed by atoms with Crippen LogP contribution in [0, 0.1) is 5.82 Å². The molecule has 1 aliphatic heterocycles. The second kappa shape index (κ2) is 5.49. The summed E-state index contributed by atoms with van der Waals surface area (Å²) in [5.41, 5.74) is -0.0281. The lowest BCUT2D eigenvalue weighted by atomic mass is 9.88. The van der Waals surface area contributed by atoms with Gasteiger partial charge in [-0.25, -0.2) is 4.39 Å². The molecule has 1 saturated heterocycles. The molecule has 98 valence electrons. The van der Waals surface area contributed by atoms with Crippen molar-refractivity contribution in [3.8, 4) is 0 Å². The summed E-state index contributed by atoms with van der Waals surface area (Å²) in [6, 6.07) is 4.75. The van der Waals surface area contributed by atoms with Gasteiger partial charge in [-0.3, -0.25) is 4.79 Å². The van der Waals surface area contributed by atoms with E-state index < -0.39 is 5.60 Å². The summed E-state index contributed by atoms with van der Waals surface area (Å²) in [4.78, 5) is 12.3. The average Bonchev–Trinajstić information content (AvgIpc) is 2.36. The van der Waals surface area contributed by atoms with Crippen LogP contribution >= 0.6 is 15.9 Å². The Bertz CT molecular complexity index is 453. The number of carbonyl (C=O) groups is 1. The third-order valence-electron chi connectivity index (χ3n) is 3.44. The fourth-order valence-corrected chi connectivity index (χ4v) is 2.60. The second-order valence-corrected chi connectivity index (χ2v) is 5.64. The molecule has 2 nitrogen and oxygen atoms in total. The minimum absolute atomic E-state index is 0.0218. The van der Waals surface area contributed by atoms with E-state index in [0.29, 0.717) is 16.6 Å². The molecule has 0 amide bonds. The second-order valence-electron chi connectivity index (χ2n) is 4.85. The molecule has 2 rings (SSSR count). The Morgan fingerprint density at radius 2 is 2.28 bits per heavy atom. The first-order chi connectivity index (χ1) is 8.53. The third-order valence-corrected chi connectivity index (χ3v) is 4.33. The molecule has 1 aromatic carbocycles. The Labute approximate surface area is 115 Å². The van der Waals surface area contributed by atoms with E-state index in [2.05, 4.69) is 15.9 Å². The summed E-state index contributed by atoms with van der Waals surface area (Å²) in [5.74, 6) is -0.316. The zero-order valence-corrected chi connectivity index (χ0v) is 11.9. The lowest BCUT2D eigenvalue weighted by molar-refractivity contribution is -0.147. The van der Waals surface area contributed by atoms with Crippen molar-refractivity contribution in [2.45, 2.75) is 38.2 Å². The van der Waals surface area contributed by atoms with Crippen LogP contribution < -0.4 is 0 Å². The molecule has 0 spiro atoms. The number of rotatable bonds is 3. The van der Waals surface area contributed by atoms with Crippen molar-refractivity contribution in [2.24, 2.45) is 0 Å². The summed E-state index contributed by atoms with van der Waals surface area (Å²) in [6.07, 6.45) is 2.96. The largest absolute Gasteiger partial charge is 0.367 e. The number of ketones is 1. The van der Waals surface area contributed by atoms with Crippen LogP contribution in [-0.2, 0) is 16.0 Å². The van der Waals surface area contributed by atoms with Gasteiger partial charge >= 0.3 is 0 Å². The lowest BCUT2D eigenvalue weighted by Crippen LogP contribution is -2.42. The first-order valence-corrected chi connectivity index (χ1v) is 6.92. The molecule has 4 heteroatoms. The van der Waals surface area contributed by atoms with Gasteiger partial charge < -0.3 is 4.74 Å². The summed E-state index contributed by atoms with van der Waals surface area (Å²) < 4.78 is 19.4. The monoisotopic (exact) mass is 314 g/mol. The molecule has 0 radical (unpaired) electrons. The number of hydrogen-bond donors (Lipinski definition) is 0. The standard InChI is InChI=1S/C14H16BrFO2/c1-14(7-2-3-8-18-14)12(17)9-10-5-4-6-11(16)13(10)15/h4-6H,2-3,7-9H2,1H3. The highest BCUT2D eigenvalue weighted by Gasteiger charge is 2.35. The van der Waals surface area contributed by atoms with E-state index in [9.17, 15) is 9.18 Å². The van der Waals surface area contributed by atoms with Crippen molar-refractivity contribution in [3.05, 3.63) is 34.1 Å². The van der Waals surface area contributed by atoms with Gasteiger partial charge in [-0.2, -0.15) is 0 Å². The summed E-state index contributed by atoms with van der Waals surface area (Å²) in [6.45, 7) is 2.47. The summed E-state index contributed by atoms with van der Waals surface area (Å²) in [7, 11) is 0. The van der Waals surface area contributed by atoms with Crippen LogP contribution in [0.25, 0.3) is 0 Å². The number of carbonyl (C=O) groups excluding carboxylic acids is 1. The van der Waals surface area contributed by atoms with E-state index in [0.717, 1.165) is 19.3 Å². The van der Waals surface area contributed by atoms with E-state index >= 15 is 0 Å². The van der Waals surface area contributed by atoms with Crippen molar-refractivity contribution < 1.29 is 13.9 Å². The first-order valence-electron chi connectivity index (χ1n) is 6.13. The molecule has 0 saturated carbocycles. The van der Waals surface area contributed by atoms with E-state index in [4.69, 9.17) is 4.74 Å². The fraction of sp³-hybridized carbons (Fsp3) is 0.500. The smallest absolute Gasteiger partial charge is 0.168 e. The molecule has 0 bridgehead atoms. The maximum absolute atomic E-state index is 13.4. The number of Topliss-reactive ketones (excluding diaryl/α,β-unsaturated/α-hetero) is 1. The zero-order valence-electron chi connectivity index (χ0n) is 10.3. The van der Waals surface area contributed by atoms with Crippen molar-refractivity contribution >= 4 is 21.7 Å². The highest BCUT2D eigenvalue weighted by molar-refractivity contribution is 9.10. The Morgan fingerprint density at radius 1 is 1.50 bits per heavy atom. The van der Waals surface area contributed by atoms with Crippen LogP contribution in [-0.4, -0.2) is 18.0 Å². The summed E-state index contributed by atoms with van der Waals surface area (Å²) >= 11 is 3.18. The van der Waals surface area contributed by atoms with E-state index in [1.165, 1.54) is 6.07 Å². The van der Waals surface area contributed by atoms with Gasteiger partial charge in [0.15, 0.2) is 5.78 Å². The van der Waals surface area contributed by atoms with Crippen molar-refractivity contribution in [2.75, 3.05) is 6.61 Å². The highest BCUT2D eigenvalue weighted by atomic mass is 79.9. The molecule has 1 atom stereocenters. The van der Waals surface area contributed by atoms with Crippen molar-refractivity contribution in [1.82, 2.24) is 0 Å². The highest BCUT2D eigenvalue weighted by Crippen LogP contribution is 2.28. The minimum Gasteiger partial charge on any atom is -0.367 e. The van der Waals surface area contributed by atoms with Gasteiger partial charge in [0, 0.05) is 13.0 Å². The molecule has 0 aliphatic carbocycles. The summed E-state index contributed by atoms with van der Waals surface area (Å²) in [5, 5.41) is 0. The quantitative estimate of drug-likeness (QED) is 0.851. The van der Waals surface area contributed by atoms with Crippen LogP contribution in [0.1, 0.15) is 31.7 Å². The molecule has 0 N–H and O–H groups in total. The maximum Gasteiger partial charge on any atom is 0.168 e.